The highest BCUT2D eigenvalue weighted by Gasteiger charge is 2.16. The number of hydrogen-bond donors (Lipinski definition) is 1. The maximum atomic E-state index is 6.12. The molecule has 0 saturated carbocycles. The topological polar surface area (TPSA) is 26.0 Å². The fraction of sp³-hybridized carbons (Fsp3) is 0.250. The number of halogens is 1. The molecule has 0 saturated heterocycles. The van der Waals surface area contributed by atoms with Crippen molar-refractivity contribution in [3.8, 4) is 0 Å². The average Bonchev–Trinajstić information content (AvgIpc) is 2.38. The molecule has 0 aliphatic heterocycles. The van der Waals surface area contributed by atoms with Crippen LogP contribution in [0.1, 0.15) is 24.0 Å². The number of rotatable bonds is 4. The van der Waals surface area contributed by atoms with Crippen LogP contribution in [0, 0.1) is 0 Å². The van der Waals surface area contributed by atoms with Crippen LogP contribution in [0.3, 0.4) is 0 Å². The van der Waals surface area contributed by atoms with E-state index in [1.54, 1.807) is 0 Å². The summed E-state index contributed by atoms with van der Waals surface area (Å²) in [7, 11) is 0. The summed E-state index contributed by atoms with van der Waals surface area (Å²) in [6.45, 7) is 2.06. The maximum Gasteiger partial charge on any atom is 0.0406 e. The highest BCUT2D eigenvalue weighted by Crippen LogP contribution is 2.24. The standard InChI is InChI=1S/C16H18ClN/c1-12(18)16(14-5-3-2-4-6-14)11-13-7-9-15(17)10-8-13/h2-10,12,16H,11,18H2,1H3/t12-,16-/m1/s1. The van der Waals surface area contributed by atoms with E-state index in [1.807, 2.05) is 18.2 Å². The van der Waals surface area contributed by atoms with Crippen LogP contribution in [0.25, 0.3) is 0 Å². The van der Waals surface area contributed by atoms with Crippen LogP contribution >= 0.6 is 11.6 Å². The molecule has 0 radical (unpaired) electrons. The summed E-state index contributed by atoms with van der Waals surface area (Å²) >= 11 is 5.90. The summed E-state index contributed by atoms with van der Waals surface area (Å²) in [6.07, 6.45) is 0.943. The fourth-order valence-corrected chi connectivity index (χ4v) is 2.31. The van der Waals surface area contributed by atoms with Gasteiger partial charge in [-0.1, -0.05) is 54.1 Å². The van der Waals surface area contributed by atoms with E-state index in [0.717, 1.165) is 11.4 Å². The minimum Gasteiger partial charge on any atom is -0.327 e. The van der Waals surface area contributed by atoms with Gasteiger partial charge in [-0.2, -0.15) is 0 Å². The Morgan fingerprint density at radius 1 is 1.00 bits per heavy atom. The smallest absolute Gasteiger partial charge is 0.0406 e. The van der Waals surface area contributed by atoms with Crippen molar-refractivity contribution in [1.82, 2.24) is 0 Å². The molecule has 0 aliphatic carbocycles. The van der Waals surface area contributed by atoms with Crippen molar-refractivity contribution in [2.24, 2.45) is 5.73 Å². The van der Waals surface area contributed by atoms with E-state index < -0.39 is 0 Å². The molecule has 2 atom stereocenters. The van der Waals surface area contributed by atoms with Gasteiger partial charge >= 0.3 is 0 Å². The molecule has 0 spiro atoms. The third kappa shape index (κ3) is 3.34. The predicted molar refractivity (Wildman–Crippen MR) is 78.0 cm³/mol. The van der Waals surface area contributed by atoms with Crippen molar-refractivity contribution in [2.45, 2.75) is 25.3 Å². The Morgan fingerprint density at radius 3 is 2.17 bits per heavy atom. The lowest BCUT2D eigenvalue weighted by Crippen LogP contribution is -2.26. The zero-order chi connectivity index (χ0) is 13.0. The summed E-state index contributed by atoms with van der Waals surface area (Å²) in [5.41, 5.74) is 8.68. The first-order chi connectivity index (χ1) is 8.66. The number of hydrogen-bond acceptors (Lipinski definition) is 1. The molecule has 0 aliphatic rings. The lowest BCUT2D eigenvalue weighted by atomic mass is 9.87. The van der Waals surface area contributed by atoms with E-state index in [9.17, 15) is 0 Å². The highest BCUT2D eigenvalue weighted by molar-refractivity contribution is 6.30. The van der Waals surface area contributed by atoms with Crippen LogP contribution in [0.15, 0.2) is 54.6 Å². The van der Waals surface area contributed by atoms with Gasteiger partial charge in [-0.05, 0) is 36.6 Å². The van der Waals surface area contributed by atoms with Gasteiger partial charge < -0.3 is 5.73 Å². The first-order valence-corrected chi connectivity index (χ1v) is 6.59. The SMILES string of the molecule is C[C@@H](N)[C@@H](Cc1ccc(Cl)cc1)c1ccccc1. The lowest BCUT2D eigenvalue weighted by Gasteiger charge is -2.21. The molecule has 0 aromatic heterocycles. The van der Waals surface area contributed by atoms with Crippen LogP contribution < -0.4 is 5.73 Å². The van der Waals surface area contributed by atoms with Gasteiger partial charge in [-0.3, -0.25) is 0 Å². The van der Waals surface area contributed by atoms with E-state index in [-0.39, 0.29) is 6.04 Å². The van der Waals surface area contributed by atoms with Crippen molar-refractivity contribution in [3.05, 3.63) is 70.7 Å². The number of nitrogens with two attached hydrogens (primary N) is 1. The second-order valence-corrected chi connectivity index (χ2v) is 5.14. The maximum absolute atomic E-state index is 6.12. The Kier molecular flexibility index (Phi) is 4.40. The molecule has 18 heavy (non-hydrogen) atoms. The Morgan fingerprint density at radius 2 is 1.61 bits per heavy atom. The van der Waals surface area contributed by atoms with Crippen LogP contribution in [0.4, 0.5) is 0 Å². The molecule has 0 amide bonds. The van der Waals surface area contributed by atoms with Gasteiger partial charge in [0.25, 0.3) is 0 Å². The van der Waals surface area contributed by atoms with Crippen molar-refractivity contribution >= 4 is 11.6 Å². The molecule has 2 aromatic carbocycles. The van der Waals surface area contributed by atoms with E-state index in [0.29, 0.717) is 5.92 Å². The van der Waals surface area contributed by atoms with E-state index >= 15 is 0 Å². The quantitative estimate of drug-likeness (QED) is 0.882. The summed E-state index contributed by atoms with van der Waals surface area (Å²) in [5, 5.41) is 0.774. The minimum atomic E-state index is 0.128. The van der Waals surface area contributed by atoms with E-state index in [2.05, 4.69) is 43.3 Å². The van der Waals surface area contributed by atoms with Gasteiger partial charge in [0, 0.05) is 17.0 Å². The van der Waals surface area contributed by atoms with Crippen molar-refractivity contribution in [3.63, 3.8) is 0 Å². The molecule has 0 unspecified atom stereocenters. The number of benzene rings is 2. The first-order valence-electron chi connectivity index (χ1n) is 6.22. The molecule has 2 heteroatoms. The summed E-state index contributed by atoms with van der Waals surface area (Å²) < 4.78 is 0. The fourth-order valence-electron chi connectivity index (χ4n) is 2.18. The molecule has 2 rings (SSSR count). The second-order valence-electron chi connectivity index (χ2n) is 4.71. The van der Waals surface area contributed by atoms with Gasteiger partial charge in [0.2, 0.25) is 0 Å². The monoisotopic (exact) mass is 259 g/mol. The lowest BCUT2D eigenvalue weighted by molar-refractivity contribution is 0.565. The van der Waals surface area contributed by atoms with Gasteiger partial charge in [0.1, 0.15) is 0 Å². The van der Waals surface area contributed by atoms with Crippen LogP contribution in [-0.2, 0) is 6.42 Å². The van der Waals surface area contributed by atoms with Crippen LogP contribution in [0.5, 0.6) is 0 Å². The Labute approximate surface area is 114 Å². The predicted octanol–water partition coefficient (Wildman–Crippen LogP) is 4.01. The zero-order valence-corrected chi connectivity index (χ0v) is 11.3. The molecule has 2 aromatic rings. The molecule has 0 heterocycles. The Bertz CT molecular complexity index is 476. The third-order valence-corrected chi connectivity index (χ3v) is 3.48. The largest absolute Gasteiger partial charge is 0.327 e. The molecule has 1 nitrogen and oxygen atoms in total. The molecular weight excluding hydrogens is 242 g/mol. The Hall–Kier alpha value is -1.31. The van der Waals surface area contributed by atoms with E-state index in [4.69, 9.17) is 17.3 Å². The van der Waals surface area contributed by atoms with Gasteiger partial charge in [0.15, 0.2) is 0 Å². The van der Waals surface area contributed by atoms with Crippen molar-refractivity contribution in [2.75, 3.05) is 0 Å². The summed E-state index contributed by atoms with van der Waals surface area (Å²) in [4.78, 5) is 0. The van der Waals surface area contributed by atoms with E-state index in [1.165, 1.54) is 11.1 Å². The van der Waals surface area contributed by atoms with Gasteiger partial charge in [-0.25, -0.2) is 0 Å². The molecule has 2 N–H and O–H groups in total. The third-order valence-electron chi connectivity index (χ3n) is 3.23. The molecule has 0 fully saturated rings. The Balaban J connectivity index is 2.19. The first kappa shape index (κ1) is 13.1. The highest BCUT2D eigenvalue weighted by atomic mass is 35.5. The zero-order valence-electron chi connectivity index (χ0n) is 10.5. The van der Waals surface area contributed by atoms with Gasteiger partial charge in [-0.15, -0.1) is 0 Å². The van der Waals surface area contributed by atoms with Crippen molar-refractivity contribution in [1.29, 1.82) is 0 Å². The normalized spacial score (nSPS) is 14.2. The van der Waals surface area contributed by atoms with Crippen LogP contribution in [-0.4, -0.2) is 6.04 Å². The minimum absolute atomic E-state index is 0.128. The average molecular weight is 260 g/mol. The molecule has 0 bridgehead atoms. The van der Waals surface area contributed by atoms with Gasteiger partial charge in [0.05, 0.1) is 0 Å². The summed E-state index contributed by atoms with van der Waals surface area (Å²) in [6, 6.07) is 18.6. The molecule has 94 valence electrons. The van der Waals surface area contributed by atoms with Crippen molar-refractivity contribution < 1.29 is 0 Å². The molecular formula is C16H18ClN. The summed E-state index contributed by atoms with van der Waals surface area (Å²) in [5.74, 6) is 0.340. The van der Waals surface area contributed by atoms with Crippen LogP contribution in [0.2, 0.25) is 5.02 Å². The second kappa shape index (κ2) is 6.03.